The Morgan fingerprint density at radius 3 is 2.43 bits per heavy atom. The number of guanidine groups is 1. The maximum atomic E-state index is 11.7. The van der Waals surface area contributed by atoms with Gasteiger partial charge in [0.05, 0.1) is 11.4 Å². The zero-order valence-corrected chi connectivity index (χ0v) is 14.4. The van der Waals surface area contributed by atoms with Crippen LogP contribution in [0.2, 0.25) is 0 Å². The molecule has 0 saturated heterocycles. The third-order valence-corrected chi connectivity index (χ3v) is 5.05. The molecule has 6 nitrogen and oxygen atoms in total. The maximum absolute atomic E-state index is 11.7. The second kappa shape index (κ2) is 8.12. The smallest absolute Gasteiger partial charge is 0.240 e. The van der Waals surface area contributed by atoms with Crippen LogP contribution in [0.5, 0.6) is 0 Å². The molecule has 23 heavy (non-hydrogen) atoms. The van der Waals surface area contributed by atoms with Gasteiger partial charge in [0, 0.05) is 12.6 Å². The van der Waals surface area contributed by atoms with Crippen LogP contribution in [0.15, 0.2) is 46.3 Å². The minimum Gasteiger partial charge on any atom is -0.357 e. The van der Waals surface area contributed by atoms with Crippen molar-refractivity contribution in [3.8, 4) is 0 Å². The lowest BCUT2D eigenvalue weighted by Gasteiger charge is -2.16. The van der Waals surface area contributed by atoms with Crippen LogP contribution in [-0.4, -0.2) is 34.0 Å². The molecule has 1 aromatic carbocycles. The number of benzene rings is 1. The summed E-state index contributed by atoms with van der Waals surface area (Å²) in [4.78, 5) is 4.82. The summed E-state index contributed by atoms with van der Waals surface area (Å²) in [6, 6.07) is 7.16. The zero-order chi connectivity index (χ0) is 16.7. The van der Waals surface area contributed by atoms with E-state index in [1.807, 2.05) is 6.92 Å². The van der Waals surface area contributed by atoms with Gasteiger partial charge in [-0.1, -0.05) is 24.3 Å². The van der Waals surface area contributed by atoms with Gasteiger partial charge in [-0.15, -0.1) is 0 Å². The van der Waals surface area contributed by atoms with Crippen molar-refractivity contribution < 1.29 is 8.42 Å². The summed E-state index contributed by atoms with van der Waals surface area (Å²) in [5.41, 5.74) is 0.960. The highest BCUT2D eigenvalue weighted by Crippen LogP contribution is 2.11. The van der Waals surface area contributed by atoms with Crippen molar-refractivity contribution in [3.05, 3.63) is 42.0 Å². The molecule has 1 aromatic rings. The first-order chi connectivity index (χ1) is 11.0. The maximum Gasteiger partial charge on any atom is 0.240 e. The molecule has 0 atom stereocenters. The van der Waals surface area contributed by atoms with Crippen LogP contribution < -0.4 is 15.4 Å². The predicted octanol–water partition coefficient (Wildman–Crippen LogP) is 1.37. The lowest BCUT2D eigenvalue weighted by molar-refractivity contribution is 0.588. The van der Waals surface area contributed by atoms with Gasteiger partial charge in [-0.25, -0.2) is 18.1 Å². The topological polar surface area (TPSA) is 82.6 Å². The molecule has 0 amide bonds. The standard InChI is InChI=1S/C16H24N4O2S/c1-3-18-16(20-14-6-4-5-7-14)19-12-13-8-10-15(11-9-13)23(21,22)17-2/h4-5,8-11,14,17H,3,6-7,12H2,1-2H3,(H2,18,19,20). The first kappa shape index (κ1) is 17.5. The fourth-order valence-corrected chi connectivity index (χ4v) is 3.04. The molecule has 0 radical (unpaired) electrons. The van der Waals surface area contributed by atoms with E-state index in [4.69, 9.17) is 0 Å². The van der Waals surface area contributed by atoms with E-state index in [0.717, 1.165) is 30.9 Å². The third-order valence-electron chi connectivity index (χ3n) is 3.62. The number of nitrogens with zero attached hydrogens (tertiary/aromatic N) is 1. The van der Waals surface area contributed by atoms with E-state index >= 15 is 0 Å². The van der Waals surface area contributed by atoms with Gasteiger partial charge in [0.15, 0.2) is 5.96 Å². The van der Waals surface area contributed by atoms with E-state index in [2.05, 4.69) is 32.5 Å². The Bertz CT molecular complexity index is 658. The van der Waals surface area contributed by atoms with Crippen LogP contribution in [0.3, 0.4) is 0 Å². The van der Waals surface area contributed by atoms with Crippen LogP contribution in [0.4, 0.5) is 0 Å². The molecular formula is C16H24N4O2S. The summed E-state index contributed by atoms with van der Waals surface area (Å²) in [6.45, 7) is 3.32. The summed E-state index contributed by atoms with van der Waals surface area (Å²) < 4.78 is 25.7. The molecule has 7 heteroatoms. The summed E-state index contributed by atoms with van der Waals surface area (Å²) in [6.07, 6.45) is 6.37. The number of rotatable bonds is 6. The van der Waals surface area contributed by atoms with Gasteiger partial charge in [-0.2, -0.15) is 0 Å². The van der Waals surface area contributed by atoms with Crippen LogP contribution in [0.1, 0.15) is 25.3 Å². The average Bonchev–Trinajstić information content (AvgIpc) is 3.06. The number of hydrogen-bond acceptors (Lipinski definition) is 3. The Balaban J connectivity index is 2.01. The van der Waals surface area contributed by atoms with Gasteiger partial charge >= 0.3 is 0 Å². The molecule has 126 valence electrons. The van der Waals surface area contributed by atoms with Crippen molar-refractivity contribution in [2.75, 3.05) is 13.6 Å². The van der Waals surface area contributed by atoms with E-state index in [1.54, 1.807) is 24.3 Å². The number of aliphatic imine (C=N–C) groups is 1. The van der Waals surface area contributed by atoms with Gasteiger partial charge in [-0.05, 0) is 44.5 Å². The fourth-order valence-electron chi connectivity index (χ4n) is 2.31. The molecule has 0 saturated carbocycles. The summed E-state index contributed by atoms with van der Waals surface area (Å²) in [5.74, 6) is 0.785. The van der Waals surface area contributed by atoms with Gasteiger partial charge in [-0.3, -0.25) is 0 Å². The lowest BCUT2D eigenvalue weighted by Crippen LogP contribution is -2.42. The Labute approximate surface area is 138 Å². The van der Waals surface area contributed by atoms with E-state index in [1.165, 1.54) is 7.05 Å². The average molecular weight is 336 g/mol. The van der Waals surface area contributed by atoms with Crippen LogP contribution in [-0.2, 0) is 16.6 Å². The largest absolute Gasteiger partial charge is 0.357 e. The molecule has 1 aliphatic carbocycles. The Kier molecular flexibility index (Phi) is 6.18. The normalized spacial score (nSPS) is 15.8. The second-order valence-electron chi connectivity index (χ2n) is 5.33. The molecule has 0 unspecified atom stereocenters. The van der Waals surface area contributed by atoms with Crippen molar-refractivity contribution in [2.45, 2.75) is 37.2 Å². The summed E-state index contributed by atoms with van der Waals surface area (Å²) >= 11 is 0. The van der Waals surface area contributed by atoms with Gasteiger partial charge in [0.25, 0.3) is 0 Å². The molecular weight excluding hydrogens is 312 g/mol. The summed E-state index contributed by atoms with van der Waals surface area (Å²) in [7, 11) is -1.99. The van der Waals surface area contributed by atoms with Crippen LogP contribution in [0, 0.1) is 0 Å². The highest BCUT2D eigenvalue weighted by Gasteiger charge is 2.12. The SMILES string of the molecule is CCNC(=NCc1ccc(S(=O)(=O)NC)cc1)NC1CC=CC1. The minimum atomic E-state index is -3.39. The molecule has 0 fully saturated rings. The molecule has 3 N–H and O–H groups in total. The zero-order valence-electron chi connectivity index (χ0n) is 13.5. The van der Waals surface area contributed by atoms with Gasteiger partial charge in [0.1, 0.15) is 0 Å². The molecule has 1 aliphatic rings. The highest BCUT2D eigenvalue weighted by molar-refractivity contribution is 7.89. The van der Waals surface area contributed by atoms with Crippen LogP contribution in [0.25, 0.3) is 0 Å². The monoisotopic (exact) mass is 336 g/mol. The highest BCUT2D eigenvalue weighted by atomic mass is 32.2. The minimum absolute atomic E-state index is 0.259. The summed E-state index contributed by atoms with van der Waals surface area (Å²) in [5, 5.41) is 6.63. The van der Waals surface area contributed by atoms with E-state index < -0.39 is 10.0 Å². The van der Waals surface area contributed by atoms with E-state index in [0.29, 0.717) is 12.6 Å². The van der Waals surface area contributed by atoms with Gasteiger partial charge in [0.2, 0.25) is 10.0 Å². The predicted molar refractivity (Wildman–Crippen MR) is 92.8 cm³/mol. The van der Waals surface area contributed by atoms with Crippen molar-refractivity contribution in [2.24, 2.45) is 4.99 Å². The Morgan fingerprint density at radius 2 is 1.87 bits per heavy atom. The first-order valence-electron chi connectivity index (χ1n) is 7.77. The van der Waals surface area contributed by atoms with Crippen molar-refractivity contribution >= 4 is 16.0 Å². The molecule has 0 spiro atoms. The van der Waals surface area contributed by atoms with E-state index in [-0.39, 0.29) is 4.90 Å². The van der Waals surface area contributed by atoms with Crippen molar-refractivity contribution in [3.63, 3.8) is 0 Å². The Hall–Kier alpha value is -1.86. The fraction of sp³-hybridized carbons (Fsp3) is 0.438. The van der Waals surface area contributed by atoms with E-state index in [9.17, 15) is 8.42 Å². The van der Waals surface area contributed by atoms with Crippen molar-refractivity contribution in [1.29, 1.82) is 0 Å². The molecule has 0 aromatic heterocycles. The number of nitrogens with one attached hydrogen (secondary N) is 3. The third kappa shape index (κ3) is 5.07. The number of hydrogen-bond donors (Lipinski definition) is 3. The molecule has 2 rings (SSSR count). The second-order valence-corrected chi connectivity index (χ2v) is 7.22. The molecule has 0 bridgehead atoms. The first-order valence-corrected chi connectivity index (χ1v) is 9.26. The van der Waals surface area contributed by atoms with Crippen molar-refractivity contribution in [1.82, 2.24) is 15.4 Å². The van der Waals surface area contributed by atoms with Crippen LogP contribution >= 0.6 is 0 Å². The quantitative estimate of drug-likeness (QED) is 0.416. The lowest BCUT2D eigenvalue weighted by atomic mass is 10.2. The molecule has 0 heterocycles. The Morgan fingerprint density at radius 1 is 1.22 bits per heavy atom. The van der Waals surface area contributed by atoms with Gasteiger partial charge < -0.3 is 10.6 Å². The number of sulfonamides is 1. The molecule has 0 aliphatic heterocycles.